The quantitative estimate of drug-likeness (QED) is 0.667. The number of amides is 1. The fourth-order valence-corrected chi connectivity index (χ4v) is 2.78. The number of likely N-dealkylation sites (tertiary alicyclic amines) is 1. The molecule has 0 spiro atoms. The molecule has 0 radical (unpaired) electrons. The summed E-state index contributed by atoms with van der Waals surface area (Å²) in [7, 11) is 0. The Bertz CT molecular complexity index is 315. The van der Waals surface area contributed by atoms with Crippen LogP contribution in [-0.2, 0) is 14.3 Å². The molecule has 2 rings (SSSR count). The summed E-state index contributed by atoms with van der Waals surface area (Å²) in [6.07, 6.45) is 3.90. The van der Waals surface area contributed by atoms with Gasteiger partial charge in [0.15, 0.2) is 0 Å². The number of nitrogens with one attached hydrogen (secondary N) is 1. The molecule has 0 saturated carbocycles. The van der Waals surface area contributed by atoms with Gasteiger partial charge in [0, 0.05) is 26.2 Å². The third-order valence-electron chi connectivity index (χ3n) is 4.09. The molecule has 1 amide bonds. The van der Waals surface area contributed by atoms with E-state index in [2.05, 4.69) is 5.32 Å². The van der Waals surface area contributed by atoms with E-state index in [9.17, 15) is 9.90 Å². The molecular weight excluding hydrogens is 272 g/mol. The van der Waals surface area contributed by atoms with Crippen LogP contribution >= 0.6 is 0 Å². The van der Waals surface area contributed by atoms with Crippen LogP contribution in [0.4, 0.5) is 0 Å². The molecule has 2 aliphatic rings. The number of ether oxygens (including phenoxy) is 2. The first-order chi connectivity index (χ1) is 10.2. The first-order valence-corrected chi connectivity index (χ1v) is 8.06. The van der Waals surface area contributed by atoms with Gasteiger partial charge in [-0.3, -0.25) is 4.79 Å². The molecule has 0 aromatic heterocycles. The van der Waals surface area contributed by atoms with Gasteiger partial charge in [-0.05, 0) is 32.6 Å². The standard InChI is InChI=1S/C15H28N2O4/c1-12(15(19)17-6-2-3-7-17)16-9-13(18)10-20-11-14-5-4-8-21-14/h12-14,16,18H,2-11H2,1H3. The third-order valence-corrected chi connectivity index (χ3v) is 4.09. The molecule has 2 N–H and O–H groups in total. The van der Waals surface area contributed by atoms with Gasteiger partial charge in [0.05, 0.1) is 31.5 Å². The highest BCUT2D eigenvalue weighted by molar-refractivity contribution is 5.81. The van der Waals surface area contributed by atoms with E-state index < -0.39 is 6.10 Å². The van der Waals surface area contributed by atoms with Gasteiger partial charge in [0.2, 0.25) is 5.91 Å². The molecule has 21 heavy (non-hydrogen) atoms. The monoisotopic (exact) mass is 300 g/mol. The van der Waals surface area contributed by atoms with E-state index in [1.165, 1.54) is 0 Å². The lowest BCUT2D eigenvalue weighted by Crippen LogP contribution is -2.46. The summed E-state index contributed by atoms with van der Waals surface area (Å²) in [6.45, 7) is 5.56. The van der Waals surface area contributed by atoms with Crippen molar-refractivity contribution in [2.45, 2.75) is 50.9 Å². The molecule has 2 saturated heterocycles. The van der Waals surface area contributed by atoms with Crippen molar-refractivity contribution in [2.75, 3.05) is 39.5 Å². The van der Waals surface area contributed by atoms with Crippen molar-refractivity contribution in [1.29, 1.82) is 0 Å². The van der Waals surface area contributed by atoms with Crippen molar-refractivity contribution in [3.05, 3.63) is 0 Å². The van der Waals surface area contributed by atoms with Gasteiger partial charge in [-0.15, -0.1) is 0 Å². The Hall–Kier alpha value is -0.690. The summed E-state index contributed by atoms with van der Waals surface area (Å²) in [5.41, 5.74) is 0. The van der Waals surface area contributed by atoms with E-state index in [0.29, 0.717) is 13.2 Å². The van der Waals surface area contributed by atoms with E-state index >= 15 is 0 Å². The zero-order valence-corrected chi connectivity index (χ0v) is 12.9. The van der Waals surface area contributed by atoms with Crippen LogP contribution in [0.3, 0.4) is 0 Å². The molecule has 3 unspecified atom stereocenters. The Balaban J connectivity index is 1.54. The van der Waals surface area contributed by atoms with Gasteiger partial charge < -0.3 is 24.8 Å². The lowest BCUT2D eigenvalue weighted by atomic mass is 10.2. The van der Waals surface area contributed by atoms with Crippen molar-refractivity contribution < 1.29 is 19.4 Å². The van der Waals surface area contributed by atoms with Crippen LogP contribution in [0.1, 0.15) is 32.6 Å². The van der Waals surface area contributed by atoms with Gasteiger partial charge in [-0.2, -0.15) is 0 Å². The van der Waals surface area contributed by atoms with Crippen LogP contribution in [0.2, 0.25) is 0 Å². The van der Waals surface area contributed by atoms with Crippen LogP contribution in [0.25, 0.3) is 0 Å². The molecule has 6 nitrogen and oxygen atoms in total. The SMILES string of the molecule is CC(NCC(O)COCC1CCCO1)C(=O)N1CCCC1. The van der Waals surface area contributed by atoms with Crippen LogP contribution in [0.15, 0.2) is 0 Å². The molecule has 0 aromatic carbocycles. The van der Waals surface area contributed by atoms with Gasteiger partial charge in [-0.25, -0.2) is 0 Å². The maximum absolute atomic E-state index is 12.1. The van der Waals surface area contributed by atoms with Crippen LogP contribution in [-0.4, -0.2) is 73.6 Å². The number of hydrogen-bond donors (Lipinski definition) is 2. The van der Waals surface area contributed by atoms with Gasteiger partial charge >= 0.3 is 0 Å². The number of carbonyl (C=O) groups is 1. The first kappa shape index (κ1) is 16.7. The summed E-state index contributed by atoms with van der Waals surface area (Å²) in [6, 6.07) is -0.254. The summed E-state index contributed by atoms with van der Waals surface area (Å²) >= 11 is 0. The number of nitrogens with zero attached hydrogens (tertiary/aromatic N) is 1. The van der Waals surface area contributed by atoms with E-state index in [1.54, 1.807) is 0 Å². The topological polar surface area (TPSA) is 71.0 Å². The normalized spacial score (nSPS) is 25.2. The Morgan fingerprint density at radius 2 is 2.19 bits per heavy atom. The fraction of sp³-hybridized carbons (Fsp3) is 0.933. The van der Waals surface area contributed by atoms with Crippen molar-refractivity contribution in [2.24, 2.45) is 0 Å². The summed E-state index contributed by atoms with van der Waals surface area (Å²) in [5.74, 6) is 0.125. The highest BCUT2D eigenvalue weighted by Gasteiger charge is 2.23. The highest BCUT2D eigenvalue weighted by Crippen LogP contribution is 2.12. The predicted octanol–water partition coefficient (Wildman–Crippen LogP) is 0.143. The number of hydrogen-bond acceptors (Lipinski definition) is 5. The largest absolute Gasteiger partial charge is 0.389 e. The Labute approximate surface area is 126 Å². The van der Waals surface area contributed by atoms with E-state index in [4.69, 9.17) is 9.47 Å². The molecule has 2 aliphatic heterocycles. The zero-order chi connectivity index (χ0) is 15.1. The van der Waals surface area contributed by atoms with Gasteiger partial charge in [0.25, 0.3) is 0 Å². The summed E-state index contributed by atoms with van der Waals surface area (Å²) in [5, 5.41) is 13.0. The Kier molecular flexibility index (Phi) is 6.89. The fourth-order valence-electron chi connectivity index (χ4n) is 2.78. The van der Waals surface area contributed by atoms with Crippen molar-refractivity contribution >= 4 is 5.91 Å². The average Bonchev–Trinajstić information content (AvgIpc) is 3.16. The maximum atomic E-state index is 12.1. The minimum atomic E-state index is -0.597. The lowest BCUT2D eigenvalue weighted by molar-refractivity contribution is -0.132. The molecular formula is C15H28N2O4. The van der Waals surface area contributed by atoms with Crippen LogP contribution in [0, 0.1) is 0 Å². The predicted molar refractivity (Wildman–Crippen MR) is 79.1 cm³/mol. The van der Waals surface area contributed by atoms with Crippen molar-refractivity contribution in [1.82, 2.24) is 10.2 Å². The summed E-state index contributed by atoms with van der Waals surface area (Å²) < 4.78 is 10.9. The second-order valence-corrected chi connectivity index (χ2v) is 5.99. The molecule has 3 atom stereocenters. The van der Waals surface area contributed by atoms with Gasteiger partial charge in [0.1, 0.15) is 0 Å². The lowest BCUT2D eigenvalue weighted by Gasteiger charge is -2.22. The average molecular weight is 300 g/mol. The van der Waals surface area contributed by atoms with Crippen LogP contribution < -0.4 is 5.32 Å². The molecule has 6 heteroatoms. The van der Waals surface area contributed by atoms with E-state index in [1.807, 2.05) is 11.8 Å². The van der Waals surface area contributed by atoms with Gasteiger partial charge in [-0.1, -0.05) is 0 Å². The number of aliphatic hydroxyl groups excluding tert-OH is 1. The Morgan fingerprint density at radius 3 is 2.86 bits per heavy atom. The van der Waals surface area contributed by atoms with E-state index in [-0.39, 0.29) is 24.7 Å². The molecule has 122 valence electrons. The molecule has 2 heterocycles. The van der Waals surface area contributed by atoms with E-state index in [0.717, 1.165) is 45.4 Å². The third kappa shape index (κ3) is 5.54. The molecule has 2 fully saturated rings. The number of carbonyl (C=O) groups excluding carboxylic acids is 1. The van der Waals surface area contributed by atoms with Crippen molar-refractivity contribution in [3.8, 4) is 0 Å². The number of rotatable bonds is 8. The molecule has 0 aromatic rings. The maximum Gasteiger partial charge on any atom is 0.239 e. The highest BCUT2D eigenvalue weighted by atomic mass is 16.5. The Morgan fingerprint density at radius 1 is 1.43 bits per heavy atom. The second kappa shape index (κ2) is 8.68. The minimum Gasteiger partial charge on any atom is -0.389 e. The smallest absolute Gasteiger partial charge is 0.239 e. The molecule has 0 bridgehead atoms. The van der Waals surface area contributed by atoms with Crippen LogP contribution in [0.5, 0.6) is 0 Å². The summed E-state index contributed by atoms with van der Waals surface area (Å²) in [4.78, 5) is 14.0. The zero-order valence-electron chi connectivity index (χ0n) is 12.9. The number of aliphatic hydroxyl groups is 1. The minimum absolute atomic E-state index is 0.125. The first-order valence-electron chi connectivity index (χ1n) is 8.06. The van der Waals surface area contributed by atoms with Crippen molar-refractivity contribution in [3.63, 3.8) is 0 Å². The second-order valence-electron chi connectivity index (χ2n) is 5.99. The molecule has 0 aliphatic carbocycles.